The second-order valence-electron chi connectivity index (χ2n) is 4.41. The van der Waals surface area contributed by atoms with Gasteiger partial charge < -0.3 is 14.9 Å². The molecule has 5 nitrogen and oxygen atoms in total. The SMILES string of the molecule is Cc1ccc(CN2CCO[C@H](C)[C@H]2C(N)=O)o1. The first kappa shape index (κ1) is 12.1. The van der Waals surface area contributed by atoms with E-state index >= 15 is 0 Å². The minimum Gasteiger partial charge on any atom is -0.465 e. The van der Waals surface area contributed by atoms with E-state index < -0.39 is 0 Å². The van der Waals surface area contributed by atoms with Gasteiger partial charge in [0.15, 0.2) is 0 Å². The summed E-state index contributed by atoms with van der Waals surface area (Å²) in [5, 5.41) is 0. The van der Waals surface area contributed by atoms with Crippen molar-refractivity contribution >= 4 is 5.91 Å². The number of carbonyl (C=O) groups excluding carboxylic acids is 1. The minimum atomic E-state index is -0.380. The molecule has 2 rings (SSSR count). The molecule has 0 saturated carbocycles. The zero-order chi connectivity index (χ0) is 12.4. The number of nitrogens with zero attached hydrogens (tertiary/aromatic N) is 1. The molecule has 1 amide bonds. The minimum absolute atomic E-state index is 0.169. The lowest BCUT2D eigenvalue weighted by Gasteiger charge is -2.37. The summed E-state index contributed by atoms with van der Waals surface area (Å²) in [4.78, 5) is 13.4. The fourth-order valence-corrected chi connectivity index (χ4v) is 2.24. The van der Waals surface area contributed by atoms with E-state index in [0.29, 0.717) is 19.7 Å². The molecule has 0 spiro atoms. The molecule has 94 valence electrons. The van der Waals surface area contributed by atoms with Crippen LogP contribution in [0.3, 0.4) is 0 Å². The molecule has 1 fully saturated rings. The van der Waals surface area contributed by atoms with Gasteiger partial charge in [0.25, 0.3) is 0 Å². The highest BCUT2D eigenvalue weighted by Crippen LogP contribution is 2.18. The van der Waals surface area contributed by atoms with Gasteiger partial charge in [-0.25, -0.2) is 0 Å². The maximum atomic E-state index is 11.4. The van der Waals surface area contributed by atoms with Crippen molar-refractivity contribution in [3.63, 3.8) is 0 Å². The van der Waals surface area contributed by atoms with Crippen LogP contribution < -0.4 is 5.73 Å². The normalized spacial score (nSPS) is 26.0. The van der Waals surface area contributed by atoms with Crippen LogP contribution in [0.4, 0.5) is 0 Å². The smallest absolute Gasteiger partial charge is 0.237 e. The average molecular weight is 238 g/mol. The molecule has 1 aliphatic rings. The molecule has 1 aromatic rings. The summed E-state index contributed by atoms with van der Waals surface area (Å²) in [7, 11) is 0. The van der Waals surface area contributed by atoms with E-state index in [1.54, 1.807) is 0 Å². The summed E-state index contributed by atoms with van der Waals surface area (Å²) in [5.41, 5.74) is 5.42. The lowest BCUT2D eigenvalue weighted by molar-refractivity contribution is -0.136. The van der Waals surface area contributed by atoms with Gasteiger partial charge in [-0.05, 0) is 26.0 Å². The first-order chi connectivity index (χ1) is 8.08. The average Bonchev–Trinajstić information content (AvgIpc) is 2.63. The standard InChI is InChI=1S/C12H18N2O3/c1-8-3-4-10(17-8)7-14-5-6-16-9(2)11(14)12(13)15/h3-4,9,11H,5-7H2,1-2H3,(H2,13,15)/t9-,11+/m1/s1. The second-order valence-corrected chi connectivity index (χ2v) is 4.41. The van der Waals surface area contributed by atoms with Crippen molar-refractivity contribution in [1.82, 2.24) is 4.90 Å². The monoisotopic (exact) mass is 238 g/mol. The van der Waals surface area contributed by atoms with Gasteiger partial charge in [0.1, 0.15) is 17.6 Å². The number of aryl methyl sites for hydroxylation is 1. The van der Waals surface area contributed by atoms with E-state index in [1.807, 2.05) is 30.9 Å². The van der Waals surface area contributed by atoms with Crippen molar-refractivity contribution in [3.05, 3.63) is 23.7 Å². The Hall–Kier alpha value is -1.33. The molecule has 0 aromatic carbocycles. The summed E-state index contributed by atoms with van der Waals surface area (Å²) in [6.45, 7) is 5.67. The highest BCUT2D eigenvalue weighted by atomic mass is 16.5. The van der Waals surface area contributed by atoms with Gasteiger partial charge in [-0.15, -0.1) is 0 Å². The van der Waals surface area contributed by atoms with Crippen LogP contribution in [0.15, 0.2) is 16.5 Å². The maximum absolute atomic E-state index is 11.4. The number of primary amides is 1. The third-order valence-corrected chi connectivity index (χ3v) is 3.04. The number of amides is 1. The first-order valence-corrected chi connectivity index (χ1v) is 5.78. The highest BCUT2D eigenvalue weighted by Gasteiger charge is 2.34. The molecule has 1 aliphatic heterocycles. The zero-order valence-corrected chi connectivity index (χ0v) is 10.2. The molecule has 2 heterocycles. The topological polar surface area (TPSA) is 68.7 Å². The Morgan fingerprint density at radius 1 is 1.59 bits per heavy atom. The molecule has 0 unspecified atom stereocenters. The van der Waals surface area contributed by atoms with Gasteiger partial charge in [0.05, 0.1) is 19.3 Å². The number of ether oxygens (including phenoxy) is 1. The Bertz CT molecular complexity index is 402. The Balaban J connectivity index is 2.09. The molecule has 2 N–H and O–H groups in total. The van der Waals surface area contributed by atoms with Crippen molar-refractivity contribution < 1.29 is 13.9 Å². The van der Waals surface area contributed by atoms with Gasteiger partial charge in [0, 0.05) is 6.54 Å². The fraction of sp³-hybridized carbons (Fsp3) is 0.583. The van der Waals surface area contributed by atoms with E-state index in [2.05, 4.69) is 0 Å². The van der Waals surface area contributed by atoms with Crippen LogP contribution in [-0.4, -0.2) is 36.1 Å². The molecule has 17 heavy (non-hydrogen) atoms. The lowest BCUT2D eigenvalue weighted by Crippen LogP contribution is -2.55. The van der Waals surface area contributed by atoms with Gasteiger partial charge in [-0.1, -0.05) is 0 Å². The molecule has 0 bridgehead atoms. The van der Waals surface area contributed by atoms with Gasteiger partial charge in [-0.2, -0.15) is 0 Å². The summed E-state index contributed by atoms with van der Waals surface area (Å²) in [6.07, 6.45) is -0.169. The number of nitrogens with two attached hydrogens (primary N) is 1. The van der Waals surface area contributed by atoms with Crippen LogP contribution in [-0.2, 0) is 16.1 Å². The molecule has 2 atom stereocenters. The van der Waals surface area contributed by atoms with E-state index in [-0.39, 0.29) is 18.1 Å². The van der Waals surface area contributed by atoms with Gasteiger partial charge >= 0.3 is 0 Å². The van der Waals surface area contributed by atoms with Crippen LogP contribution in [0.25, 0.3) is 0 Å². The quantitative estimate of drug-likeness (QED) is 0.840. The van der Waals surface area contributed by atoms with E-state index in [1.165, 1.54) is 0 Å². The zero-order valence-electron chi connectivity index (χ0n) is 10.2. The number of furan rings is 1. The summed E-state index contributed by atoms with van der Waals surface area (Å²) in [5.74, 6) is 1.38. The highest BCUT2D eigenvalue weighted by molar-refractivity contribution is 5.80. The predicted octanol–water partition coefficient (Wildman–Crippen LogP) is 0.663. The Morgan fingerprint density at radius 2 is 2.35 bits per heavy atom. The fourth-order valence-electron chi connectivity index (χ4n) is 2.24. The van der Waals surface area contributed by atoms with Crippen LogP contribution in [0.2, 0.25) is 0 Å². The number of hydrogen-bond donors (Lipinski definition) is 1. The van der Waals surface area contributed by atoms with Crippen molar-refractivity contribution in [3.8, 4) is 0 Å². The number of rotatable bonds is 3. The van der Waals surface area contributed by atoms with Crippen molar-refractivity contribution in [2.75, 3.05) is 13.2 Å². The van der Waals surface area contributed by atoms with Gasteiger partial charge in [0.2, 0.25) is 5.91 Å². The predicted molar refractivity (Wildman–Crippen MR) is 62.3 cm³/mol. The molecule has 0 aliphatic carbocycles. The van der Waals surface area contributed by atoms with Crippen LogP contribution in [0, 0.1) is 6.92 Å². The van der Waals surface area contributed by atoms with Crippen molar-refractivity contribution in [2.24, 2.45) is 5.73 Å². The van der Waals surface area contributed by atoms with Crippen LogP contribution in [0.1, 0.15) is 18.4 Å². The summed E-state index contributed by atoms with van der Waals surface area (Å²) in [6, 6.07) is 3.46. The third kappa shape index (κ3) is 2.68. The maximum Gasteiger partial charge on any atom is 0.237 e. The summed E-state index contributed by atoms with van der Waals surface area (Å²) < 4.78 is 11.0. The van der Waals surface area contributed by atoms with Crippen molar-refractivity contribution in [2.45, 2.75) is 32.5 Å². The third-order valence-electron chi connectivity index (χ3n) is 3.04. The molecule has 0 radical (unpaired) electrons. The first-order valence-electron chi connectivity index (χ1n) is 5.78. The molecule has 1 saturated heterocycles. The molecule has 5 heteroatoms. The summed E-state index contributed by atoms with van der Waals surface area (Å²) >= 11 is 0. The lowest BCUT2D eigenvalue weighted by atomic mass is 10.1. The largest absolute Gasteiger partial charge is 0.465 e. The molecular formula is C12H18N2O3. The number of carbonyl (C=O) groups is 1. The van der Waals surface area contributed by atoms with Crippen LogP contribution >= 0.6 is 0 Å². The van der Waals surface area contributed by atoms with Crippen LogP contribution in [0.5, 0.6) is 0 Å². The van der Waals surface area contributed by atoms with Crippen molar-refractivity contribution in [1.29, 1.82) is 0 Å². The van der Waals surface area contributed by atoms with E-state index in [0.717, 1.165) is 11.5 Å². The molecule has 1 aromatic heterocycles. The Labute approximate surface area is 101 Å². The Morgan fingerprint density at radius 3 is 2.94 bits per heavy atom. The second kappa shape index (κ2) is 4.89. The van der Waals surface area contributed by atoms with E-state index in [4.69, 9.17) is 14.9 Å². The number of hydrogen-bond acceptors (Lipinski definition) is 4. The molecular weight excluding hydrogens is 220 g/mol. The van der Waals surface area contributed by atoms with Gasteiger partial charge in [-0.3, -0.25) is 9.69 Å². The number of morpholine rings is 1. The van der Waals surface area contributed by atoms with E-state index in [9.17, 15) is 4.79 Å². The Kier molecular flexibility index (Phi) is 3.49.